The standard InChI is InChI=1S/C14H11Cl2NO2/c15-10-3-9(4-11(16)5-10)7-17-12-1-2-13-14(6-12)19-8-18-13/h1-6,17H,7-8H2. The number of benzene rings is 2. The molecule has 2 aromatic carbocycles. The van der Waals surface area contributed by atoms with E-state index in [1.54, 1.807) is 6.07 Å². The van der Waals surface area contributed by atoms with Gasteiger partial charge in [-0.1, -0.05) is 23.2 Å². The lowest BCUT2D eigenvalue weighted by molar-refractivity contribution is 0.174. The molecule has 0 aliphatic carbocycles. The van der Waals surface area contributed by atoms with E-state index >= 15 is 0 Å². The lowest BCUT2D eigenvalue weighted by Gasteiger charge is -2.08. The zero-order valence-electron chi connectivity index (χ0n) is 9.95. The molecule has 5 heteroatoms. The molecule has 1 heterocycles. The predicted molar refractivity (Wildman–Crippen MR) is 76.4 cm³/mol. The third-order valence-corrected chi connectivity index (χ3v) is 3.23. The smallest absolute Gasteiger partial charge is 0.231 e. The van der Waals surface area contributed by atoms with Gasteiger partial charge in [0.25, 0.3) is 0 Å². The van der Waals surface area contributed by atoms with Gasteiger partial charge in [-0.15, -0.1) is 0 Å². The van der Waals surface area contributed by atoms with Crippen LogP contribution in [0.3, 0.4) is 0 Å². The zero-order chi connectivity index (χ0) is 13.2. The molecule has 1 N–H and O–H groups in total. The van der Waals surface area contributed by atoms with Gasteiger partial charge in [0.15, 0.2) is 11.5 Å². The molecular weight excluding hydrogens is 285 g/mol. The second-order valence-electron chi connectivity index (χ2n) is 4.20. The topological polar surface area (TPSA) is 30.5 Å². The Bertz CT molecular complexity index is 596. The molecule has 3 nitrogen and oxygen atoms in total. The fourth-order valence-electron chi connectivity index (χ4n) is 1.92. The Morgan fingerprint density at radius 3 is 2.47 bits per heavy atom. The van der Waals surface area contributed by atoms with Crippen LogP contribution in [-0.4, -0.2) is 6.79 Å². The Kier molecular flexibility index (Phi) is 3.40. The van der Waals surface area contributed by atoms with Gasteiger partial charge >= 0.3 is 0 Å². The van der Waals surface area contributed by atoms with Crippen LogP contribution in [0, 0.1) is 0 Å². The van der Waals surface area contributed by atoms with Gasteiger partial charge < -0.3 is 14.8 Å². The SMILES string of the molecule is Clc1cc(Cl)cc(CNc2ccc3c(c2)OCO3)c1. The lowest BCUT2D eigenvalue weighted by Crippen LogP contribution is -1.99. The fraction of sp³-hybridized carbons (Fsp3) is 0.143. The van der Waals surface area contributed by atoms with Gasteiger partial charge in [-0.25, -0.2) is 0 Å². The second kappa shape index (κ2) is 5.19. The maximum Gasteiger partial charge on any atom is 0.231 e. The summed E-state index contributed by atoms with van der Waals surface area (Å²) in [6.45, 7) is 0.919. The van der Waals surface area contributed by atoms with E-state index in [0.29, 0.717) is 16.6 Å². The number of ether oxygens (including phenoxy) is 2. The molecule has 3 rings (SSSR count). The summed E-state index contributed by atoms with van der Waals surface area (Å²) in [6, 6.07) is 11.2. The molecule has 1 aliphatic rings. The van der Waals surface area contributed by atoms with Crippen LogP contribution in [0.15, 0.2) is 36.4 Å². The molecule has 0 radical (unpaired) electrons. The number of halogens is 2. The summed E-state index contributed by atoms with van der Waals surface area (Å²) in [5, 5.41) is 4.56. The van der Waals surface area contributed by atoms with E-state index in [1.165, 1.54) is 0 Å². The van der Waals surface area contributed by atoms with Gasteiger partial charge in [0.1, 0.15) is 0 Å². The maximum atomic E-state index is 5.96. The number of nitrogens with one attached hydrogen (secondary N) is 1. The van der Waals surface area contributed by atoms with E-state index in [-0.39, 0.29) is 6.79 Å². The van der Waals surface area contributed by atoms with E-state index in [2.05, 4.69) is 5.32 Å². The van der Waals surface area contributed by atoms with Gasteiger partial charge in [-0.3, -0.25) is 0 Å². The highest BCUT2D eigenvalue weighted by Crippen LogP contribution is 2.34. The number of fused-ring (bicyclic) bond motifs is 1. The summed E-state index contributed by atoms with van der Waals surface area (Å²) in [5.41, 5.74) is 1.98. The van der Waals surface area contributed by atoms with Crippen LogP contribution >= 0.6 is 23.2 Å². The van der Waals surface area contributed by atoms with Crippen molar-refractivity contribution in [2.45, 2.75) is 6.54 Å². The van der Waals surface area contributed by atoms with Crippen molar-refractivity contribution in [3.63, 3.8) is 0 Å². The van der Waals surface area contributed by atoms with Crippen molar-refractivity contribution < 1.29 is 9.47 Å². The highest BCUT2D eigenvalue weighted by Gasteiger charge is 2.12. The van der Waals surface area contributed by atoms with E-state index in [0.717, 1.165) is 22.7 Å². The van der Waals surface area contributed by atoms with Crippen molar-refractivity contribution in [1.82, 2.24) is 0 Å². The average Bonchev–Trinajstić information content (AvgIpc) is 2.82. The Hall–Kier alpha value is -1.58. The van der Waals surface area contributed by atoms with Crippen LogP contribution < -0.4 is 14.8 Å². The minimum Gasteiger partial charge on any atom is -0.454 e. The van der Waals surface area contributed by atoms with Crippen LogP contribution in [0.25, 0.3) is 0 Å². The van der Waals surface area contributed by atoms with Crippen molar-refractivity contribution in [3.05, 3.63) is 52.0 Å². The van der Waals surface area contributed by atoms with Gasteiger partial charge in [0, 0.05) is 28.3 Å². The summed E-state index contributed by atoms with van der Waals surface area (Å²) in [4.78, 5) is 0. The average molecular weight is 296 g/mol. The Balaban J connectivity index is 1.72. The van der Waals surface area contributed by atoms with Gasteiger partial charge in [-0.05, 0) is 35.9 Å². The summed E-state index contributed by atoms with van der Waals surface area (Å²) >= 11 is 11.9. The molecule has 98 valence electrons. The van der Waals surface area contributed by atoms with Crippen LogP contribution in [0.2, 0.25) is 10.0 Å². The highest BCUT2D eigenvalue weighted by molar-refractivity contribution is 6.34. The van der Waals surface area contributed by atoms with Gasteiger partial charge in [-0.2, -0.15) is 0 Å². The molecule has 0 spiro atoms. The number of hydrogen-bond donors (Lipinski definition) is 1. The number of anilines is 1. The van der Waals surface area contributed by atoms with E-state index < -0.39 is 0 Å². The summed E-state index contributed by atoms with van der Waals surface area (Å²) in [7, 11) is 0. The van der Waals surface area contributed by atoms with E-state index in [1.807, 2.05) is 30.3 Å². The van der Waals surface area contributed by atoms with E-state index in [4.69, 9.17) is 32.7 Å². The highest BCUT2D eigenvalue weighted by atomic mass is 35.5. The minimum absolute atomic E-state index is 0.280. The van der Waals surface area contributed by atoms with Crippen molar-refractivity contribution in [2.75, 3.05) is 12.1 Å². The van der Waals surface area contributed by atoms with Crippen LogP contribution in [0.4, 0.5) is 5.69 Å². The van der Waals surface area contributed by atoms with Gasteiger partial charge in [0.2, 0.25) is 6.79 Å². The van der Waals surface area contributed by atoms with Crippen molar-refractivity contribution >= 4 is 28.9 Å². The van der Waals surface area contributed by atoms with Crippen LogP contribution in [0.1, 0.15) is 5.56 Å². The molecule has 19 heavy (non-hydrogen) atoms. The van der Waals surface area contributed by atoms with Crippen LogP contribution in [-0.2, 0) is 6.54 Å². The Morgan fingerprint density at radius 1 is 0.947 bits per heavy atom. The largest absolute Gasteiger partial charge is 0.454 e. The molecule has 0 saturated heterocycles. The molecule has 0 unspecified atom stereocenters. The first kappa shape index (κ1) is 12.5. The Morgan fingerprint density at radius 2 is 1.68 bits per heavy atom. The van der Waals surface area contributed by atoms with E-state index in [9.17, 15) is 0 Å². The monoisotopic (exact) mass is 295 g/mol. The molecule has 0 bridgehead atoms. The Labute approximate surface area is 121 Å². The molecular formula is C14H11Cl2NO2. The van der Waals surface area contributed by atoms with Crippen molar-refractivity contribution in [2.24, 2.45) is 0 Å². The van der Waals surface area contributed by atoms with Crippen molar-refractivity contribution in [3.8, 4) is 11.5 Å². The van der Waals surface area contributed by atoms with Crippen LogP contribution in [0.5, 0.6) is 11.5 Å². The number of rotatable bonds is 3. The minimum atomic E-state index is 0.280. The normalized spacial score (nSPS) is 12.5. The summed E-state index contributed by atoms with van der Waals surface area (Å²) in [5.74, 6) is 1.53. The van der Waals surface area contributed by atoms with Crippen molar-refractivity contribution in [1.29, 1.82) is 0 Å². The lowest BCUT2D eigenvalue weighted by atomic mass is 10.2. The molecule has 0 aromatic heterocycles. The third-order valence-electron chi connectivity index (χ3n) is 2.79. The second-order valence-corrected chi connectivity index (χ2v) is 5.07. The molecule has 0 atom stereocenters. The zero-order valence-corrected chi connectivity index (χ0v) is 11.5. The first-order chi connectivity index (χ1) is 9.20. The quantitative estimate of drug-likeness (QED) is 0.914. The molecule has 0 amide bonds. The third kappa shape index (κ3) is 2.88. The molecule has 0 saturated carbocycles. The molecule has 0 fully saturated rings. The fourth-order valence-corrected chi connectivity index (χ4v) is 2.49. The molecule has 1 aliphatic heterocycles. The summed E-state index contributed by atoms with van der Waals surface area (Å²) in [6.07, 6.45) is 0. The summed E-state index contributed by atoms with van der Waals surface area (Å²) < 4.78 is 10.6. The maximum absolute atomic E-state index is 5.96. The molecule has 2 aromatic rings. The first-order valence-corrected chi connectivity index (χ1v) is 6.55. The predicted octanol–water partition coefficient (Wildman–Crippen LogP) is 4.33. The first-order valence-electron chi connectivity index (χ1n) is 5.79. The van der Waals surface area contributed by atoms with Gasteiger partial charge in [0.05, 0.1) is 0 Å². The number of hydrogen-bond acceptors (Lipinski definition) is 3.